The largest absolute Gasteiger partial charge is 0.379 e. The van der Waals surface area contributed by atoms with Gasteiger partial charge in [0.15, 0.2) is 0 Å². The van der Waals surface area contributed by atoms with Crippen molar-refractivity contribution in [3.63, 3.8) is 0 Å². The highest BCUT2D eigenvalue weighted by molar-refractivity contribution is 6.35. The molecular weight excluding hydrogens is 420 g/mol. The average molecular weight is 459 g/mol. The Labute approximate surface area is 197 Å². The first-order valence-electron chi connectivity index (χ1n) is 12.1. The lowest BCUT2D eigenvalue weighted by atomic mass is 10.00. The lowest BCUT2D eigenvalue weighted by Gasteiger charge is -2.38. The molecule has 182 valence electrons. The van der Waals surface area contributed by atoms with Gasteiger partial charge in [-0.05, 0) is 30.7 Å². The highest BCUT2D eigenvalue weighted by Crippen LogP contribution is 2.31. The molecule has 0 unspecified atom stereocenters. The van der Waals surface area contributed by atoms with E-state index in [2.05, 4.69) is 62.5 Å². The lowest BCUT2D eigenvalue weighted by molar-refractivity contribution is -0.139. The van der Waals surface area contributed by atoms with Crippen LogP contribution in [0.15, 0.2) is 18.2 Å². The molecule has 4 rings (SSSR count). The van der Waals surface area contributed by atoms with Gasteiger partial charge in [0.2, 0.25) is 0 Å². The molecule has 1 aromatic carbocycles. The molecule has 33 heavy (non-hydrogen) atoms. The molecule has 3 aliphatic rings. The summed E-state index contributed by atoms with van der Waals surface area (Å²) < 4.78 is 5.34. The van der Waals surface area contributed by atoms with Crippen LogP contribution in [0.25, 0.3) is 0 Å². The van der Waals surface area contributed by atoms with E-state index in [1.165, 1.54) is 16.8 Å². The number of nitrogens with zero attached hydrogens (tertiary/aromatic N) is 4. The second-order valence-corrected chi connectivity index (χ2v) is 9.33. The Hall–Kier alpha value is -2.20. The molecule has 0 radical (unpaired) electrons. The van der Waals surface area contributed by atoms with Crippen LogP contribution in [0, 0.1) is 0 Å². The molecule has 2 amide bonds. The molecule has 0 aromatic heterocycles. The maximum atomic E-state index is 12.5. The number of morpholine rings is 1. The minimum Gasteiger partial charge on any atom is -0.379 e. The zero-order valence-electron chi connectivity index (χ0n) is 20.0. The van der Waals surface area contributed by atoms with Gasteiger partial charge >= 0.3 is 11.8 Å². The molecule has 2 saturated heterocycles. The molecule has 3 aliphatic heterocycles. The second-order valence-electron chi connectivity index (χ2n) is 9.33. The summed E-state index contributed by atoms with van der Waals surface area (Å²) in [5.41, 5.74) is 3.86. The first-order chi connectivity index (χ1) is 16.0. The molecule has 0 spiro atoms. The number of anilines is 1. The fourth-order valence-corrected chi connectivity index (χ4v) is 4.89. The zero-order valence-corrected chi connectivity index (χ0v) is 20.0. The average Bonchev–Trinajstić information content (AvgIpc) is 3.21. The van der Waals surface area contributed by atoms with Crippen LogP contribution in [0.3, 0.4) is 0 Å². The van der Waals surface area contributed by atoms with Crippen molar-refractivity contribution in [3.05, 3.63) is 29.3 Å². The van der Waals surface area contributed by atoms with Crippen molar-refractivity contribution in [3.8, 4) is 0 Å². The summed E-state index contributed by atoms with van der Waals surface area (Å²) in [5, 5.41) is 5.66. The van der Waals surface area contributed by atoms with E-state index >= 15 is 0 Å². The topological polar surface area (TPSA) is 80.4 Å². The summed E-state index contributed by atoms with van der Waals surface area (Å²) in [4.78, 5) is 34.2. The molecule has 1 aromatic rings. The van der Waals surface area contributed by atoms with Gasteiger partial charge in [0.05, 0.1) is 19.3 Å². The normalized spacial score (nSPS) is 21.0. The van der Waals surface area contributed by atoms with E-state index in [1.54, 1.807) is 0 Å². The smallest absolute Gasteiger partial charge is 0.309 e. The Morgan fingerprint density at radius 3 is 2.45 bits per heavy atom. The van der Waals surface area contributed by atoms with E-state index in [9.17, 15) is 9.59 Å². The van der Waals surface area contributed by atoms with Crippen molar-refractivity contribution in [2.75, 3.05) is 97.7 Å². The monoisotopic (exact) mass is 458 g/mol. The van der Waals surface area contributed by atoms with Crippen molar-refractivity contribution in [2.45, 2.75) is 12.5 Å². The van der Waals surface area contributed by atoms with E-state index in [4.69, 9.17) is 4.74 Å². The third-order valence-electron chi connectivity index (χ3n) is 7.07. The van der Waals surface area contributed by atoms with Crippen LogP contribution in [0.4, 0.5) is 5.69 Å². The number of ether oxygens (including phenoxy) is 1. The van der Waals surface area contributed by atoms with Crippen LogP contribution in [0.1, 0.15) is 17.2 Å². The van der Waals surface area contributed by atoms with Crippen molar-refractivity contribution in [1.82, 2.24) is 25.3 Å². The fraction of sp³-hybridized carbons (Fsp3) is 0.667. The molecule has 0 saturated carbocycles. The number of nitrogens with one attached hydrogen (secondary N) is 2. The van der Waals surface area contributed by atoms with Gasteiger partial charge in [-0.2, -0.15) is 0 Å². The molecular formula is C24H38N6O3. The number of amides is 2. The molecule has 2 N–H and O–H groups in total. The van der Waals surface area contributed by atoms with Crippen molar-refractivity contribution >= 4 is 17.5 Å². The standard InChI is InChI=1S/C24H38N6O3/c1-27-9-11-30(12-10-27)22(19-3-4-21-20(17-19)5-7-28(21)2)18-26-24(32)23(31)25-6-8-29-13-15-33-16-14-29/h3-4,17,22H,5-16,18H2,1-2H3,(H,25,31)(H,26,32)/t22-/m1/s1. The Kier molecular flexibility index (Phi) is 8.19. The molecule has 9 heteroatoms. The maximum Gasteiger partial charge on any atom is 0.309 e. The van der Waals surface area contributed by atoms with Gasteiger partial charge < -0.3 is 25.2 Å². The number of hydrogen-bond donors (Lipinski definition) is 2. The number of piperazine rings is 1. The lowest BCUT2D eigenvalue weighted by Crippen LogP contribution is -2.50. The first kappa shape index (κ1) is 23.9. The predicted octanol–water partition coefficient (Wildman–Crippen LogP) is -0.468. The van der Waals surface area contributed by atoms with Crippen LogP contribution in [-0.2, 0) is 20.7 Å². The highest BCUT2D eigenvalue weighted by Gasteiger charge is 2.27. The summed E-state index contributed by atoms with van der Waals surface area (Å²) in [6, 6.07) is 6.72. The summed E-state index contributed by atoms with van der Waals surface area (Å²) in [6.07, 6.45) is 1.05. The molecule has 9 nitrogen and oxygen atoms in total. The van der Waals surface area contributed by atoms with Crippen molar-refractivity contribution in [1.29, 1.82) is 0 Å². The van der Waals surface area contributed by atoms with Crippen LogP contribution in [-0.4, -0.2) is 119 Å². The van der Waals surface area contributed by atoms with Gasteiger partial charge in [0, 0.05) is 78.2 Å². The summed E-state index contributed by atoms with van der Waals surface area (Å²) >= 11 is 0. The Balaban J connectivity index is 1.34. The minimum atomic E-state index is -0.559. The van der Waals surface area contributed by atoms with Gasteiger partial charge in [0.25, 0.3) is 0 Å². The third-order valence-corrected chi connectivity index (χ3v) is 7.07. The molecule has 2 fully saturated rings. The van der Waals surface area contributed by atoms with E-state index in [0.717, 1.165) is 72.0 Å². The second kappa shape index (κ2) is 11.3. The number of carbonyl (C=O) groups is 2. The van der Waals surface area contributed by atoms with Gasteiger partial charge in [-0.25, -0.2) is 0 Å². The van der Waals surface area contributed by atoms with Crippen molar-refractivity contribution in [2.24, 2.45) is 0 Å². The molecule has 0 aliphatic carbocycles. The summed E-state index contributed by atoms with van der Waals surface area (Å²) in [5.74, 6) is -1.12. The van der Waals surface area contributed by atoms with Crippen LogP contribution >= 0.6 is 0 Å². The van der Waals surface area contributed by atoms with E-state index in [1.807, 2.05) is 0 Å². The van der Waals surface area contributed by atoms with Crippen molar-refractivity contribution < 1.29 is 14.3 Å². The number of rotatable bonds is 7. The van der Waals surface area contributed by atoms with Crippen LogP contribution in [0.5, 0.6) is 0 Å². The Morgan fingerprint density at radius 1 is 0.970 bits per heavy atom. The number of benzene rings is 1. The van der Waals surface area contributed by atoms with Gasteiger partial charge in [-0.15, -0.1) is 0 Å². The quantitative estimate of drug-likeness (QED) is 0.535. The molecule has 0 bridgehead atoms. The van der Waals surface area contributed by atoms with Gasteiger partial charge in [-0.3, -0.25) is 19.4 Å². The van der Waals surface area contributed by atoms with Crippen LogP contribution in [0.2, 0.25) is 0 Å². The molecule has 1 atom stereocenters. The summed E-state index contributed by atoms with van der Waals surface area (Å²) in [7, 11) is 4.27. The number of carbonyl (C=O) groups excluding carboxylic acids is 2. The van der Waals surface area contributed by atoms with E-state index in [0.29, 0.717) is 13.1 Å². The SMILES string of the molecule is CN1CCN([C@H](CNC(=O)C(=O)NCCN2CCOCC2)c2ccc3c(c2)CCN3C)CC1. The first-order valence-corrected chi connectivity index (χ1v) is 12.1. The van der Waals surface area contributed by atoms with Crippen LogP contribution < -0.4 is 15.5 Å². The highest BCUT2D eigenvalue weighted by atomic mass is 16.5. The fourth-order valence-electron chi connectivity index (χ4n) is 4.89. The zero-order chi connectivity index (χ0) is 23.2. The maximum absolute atomic E-state index is 12.5. The summed E-state index contributed by atoms with van der Waals surface area (Å²) in [6.45, 7) is 9.73. The predicted molar refractivity (Wildman–Crippen MR) is 129 cm³/mol. The third kappa shape index (κ3) is 6.23. The number of fused-ring (bicyclic) bond motifs is 1. The number of hydrogen-bond acceptors (Lipinski definition) is 7. The Morgan fingerprint density at radius 2 is 1.70 bits per heavy atom. The minimum absolute atomic E-state index is 0.0556. The molecule has 3 heterocycles. The van der Waals surface area contributed by atoms with E-state index in [-0.39, 0.29) is 6.04 Å². The number of likely N-dealkylation sites (N-methyl/N-ethyl adjacent to an activating group) is 2. The Bertz CT molecular complexity index is 820. The van der Waals surface area contributed by atoms with Gasteiger partial charge in [-0.1, -0.05) is 12.1 Å². The van der Waals surface area contributed by atoms with Gasteiger partial charge in [0.1, 0.15) is 0 Å². The van der Waals surface area contributed by atoms with E-state index < -0.39 is 11.8 Å².